The van der Waals surface area contributed by atoms with Crippen molar-refractivity contribution >= 4 is 12.0 Å². The first-order chi connectivity index (χ1) is 6.27. The predicted octanol–water partition coefficient (Wildman–Crippen LogP) is 1.47. The smallest absolute Gasteiger partial charge is 0.269 e. The van der Waals surface area contributed by atoms with Gasteiger partial charge in [0.05, 0.1) is 0 Å². The molecule has 68 valence electrons. The van der Waals surface area contributed by atoms with Crippen molar-refractivity contribution in [2.24, 2.45) is 0 Å². The quantitative estimate of drug-likeness (QED) is 0.757. The number of carbonyl (C=O) groups is 1. The van der Waals surface area contributed by atoms with Gasteiger partial charge in [-0.15, -0.1) is 0 Å². The molecule has 1 aromatic heterocycles. The van der Waals surface area contributed by atoms with E-state index in [4.69, 9.17) is 0 Å². The molecule has 3 nitrogen and oxygen atoms in total. The number of nitrogens with one attached hydrogen (secondary N) is 1. The van der Waals surface area contributed by atoms with E-state index in [1.807, 2.05) is 13.0 Å². The van der Waals surface area contributed by atoms with Crippen LogP contribution in [0.3, 0.4) is 0 Å². The summed E-state index contributed by atoms with van der Waals surface area (Å²) in [5.74, 6) is -0.141. The Morgan fingerprint density at radius 3 is 2.92 bits per heavy atom. The molecule has 0 radical (unpaired) electrons. The number of carbonyl (C=O) groups excluding carboxylic acids is 1. The molecule has 0 saturated carbocycles. The first-order valence-corrected chi connectivity index (χ1v) is 4.14. The summed E-state index contributed by atoms with van der Waals surface area (Å²) in [5.41, 5.74) is 1.35. The van der Waals surface area contributed by atoms with Crippen molar-refractivity contribution < 1.29 is 4.79 Å². The summed E-state index contributed by atoms with van der Waals surface area (Å²) < 4.78 is 0. The summed E-state index contributed by atoms with van der Waals surface area (Å²) in [6.07, 6.45) is 3.31. The second-order valence-electron chi connectivity index (χ2n) is 2.54. The summed E-state index contributed by atoms with van der Waals surface area (Å²) >= 11 is 0. The Morgan fingerprint density at radius 1 is 1.69 bits per heavy atom. The number of aromatic nitrogens is 1. The van der Waals surface area contributed by atoms with Crippen LogP contribution in [0.4, 0.5) is 0 Å². The molecule has 0 aliphatic rings. The van der Waals surface area contributed by atoms with E-state index in [9.17, 15) is 4.79 Å². The molecular weight excluding hydrogens is 164 g/mol. The van der Waals surface area contributed by atoms with Crippen LogP contribution >= 0.6 is 0 Å². The fraction of sp³-hybridized carbons (Fsp3) is 0.200. The van der Waals surface area contributed by atoms with Gasteiger partial charge in [-0.3, -0.25) is 9.78 Å². The van der Waals surface area contributed by atoms with Crippen molar-refractivity contribution in [3.8, 4) is 0 Å². The van der Waals surface area contributed by atoms with Crippen molar-refractivity contribution in [3.63, 3.8) is 0 Å². The third-order valence-electron chi connectivity index (χ3n) is 1.59. The van der Waals surface area contributed by atoms with E-state index < -0.39 is 0 Å². The molecule has 0 unspecified atom stereocenters. The van der Waals surface area contributed by atoms with Crippen LogP contribution in [0.15, 0.2) is 24.9 Å². The van der Waals surface area contributed by atoms with Crippen molar-refractivity contribution in [3.05, 3.63) is 36.2 Å². The van der Waals surface area contributed by atoms with E-state index in [-0.39, 0.29) is 5.91 Å². The van der Waals surface area contributed by atoms with Gasteiger partial charge in [0.15, 0.2) is 0 Å². The highest BCUT2D eigenvalue weighted by atomic mass is 16.1. The van der Waals surface area contributed by atoms with Crippen LogP contribution in [0, 0.1) is 0 Å². The molecule has 13 heavy (non-hydrogen) atoms. The highest BCUT2D eigenvalue weighted by Gasteiger charge is 2.03. The number of rotatable bonds is 3. The second kappa shape index (κ2) is 4.40. The molecule has 3 heteroatoms. The number of hydrogen-bond acceptors (Lipinski definition) is 2. The second-order valence-corrected chi connectivity index (χ2v) is 2.54. The number of nitrogens with zero attached hydrogens (tertiary/aromatic N) is 1. The van der Waals surface area contributed by atoms with Crippen LogP contribution in [0.5, 0.6) is 0 Å². The topological polar surface area (TPSA) is 42.0 Å². The van der Waals surface area contributed by atoms with Gasteiger partial charge in [0.2, 0.25) is 0 Å². The van der Waals surface area contributed by atoms with E-state index in [1.54, 1.807) is 18.3 Å². The third-order valence-corrected chi connectivity index (χ3v) is 1.59. The molecule has 1 rings (SSSR count). The van der Waals surface area contributed by atoms with E-state index in [0.29, 0.717) is 12.2 Å². The molecule has 0 aromatic carbocycles. The average Bonchev–Trinajstić information content (AvgIpc) is 2.18. The average molecular weight is 176 g/mol. The molecule has 1 aromatic rings. The van der Waals surface area contributed by atoms with Crippen molar-refractivity contribution in [1.82, 2.24) is 10.3 Å². The fourth-order valence-corrected chi connectivity index (χ4v) is 0.911. The predicted molar refractivity (Wildman–Crippen MR) is 52.3 cm³/mol. The van der Waals surface area contributed by atoms with E-state index >= 15 is 0 Å². The Labute approximate surface area is 77.5 Å². The van der Waals surface area contributed by atoms with Crippen molar-refractivity contribution in [1.29, 1.82) is 0 Å². The minimum Gasteiger partial charge on any atom is -0.351 e. The maximum Gasteiger partial charge on any atom is 0.269 e. The summed E-state index contributed by atoms with van der Waals surface area (Å²) in [4.78, 5) is 15.2. The molecule has 1 N–H and O–H groups in total. The summed E-state index contributed by atoms with van der Waals surface area (Å²) in [6, 6.07) is 3.49. The SMILES string of the molecule is C=Cc1ccc(C(=O)NCC)nc1. The summed E-state index contributed by atoms with van der Waals surface area (Å²) in [7, 11) is 0. The van der Waals surface area contributed by atoms with E-state index in [2.05, 4.69) is 16.9 Å². The van der Waals surface area contributed by atoms with Crippen molar-refractivity contribution in [2.45, 2.75) is 6.92 Å². The molecule has 1 heterocycles. The standard InChI is InChI=1S/C10H12N2O/c1-3-8-5-6-9(12-7-8)10(13)11-4-2/h3,5-7H,1,4H2,2H3,(H,11,13). The van der Waals surface area contributed by atoms with Crippen LogP contribution in [0.2, 0.25) is 0 Å². The van der Waals surface area contributed by atoms with Gasteiger partial charge < -0.3 is 5.32 Å². The van der Waals surface area contributed by atoms with Gasteiger partial charge >= 0.3 is 0 Å². The maximum absolute atomic E-state index is 11.2. The van der Waals surface area contributed by atoms with Crippen molar-refractivity contribution in [2.75, 3.05) is 6.54 Å². The van der Waals surface area contributed by atoms with Crippen LogP contribution in [-0.4, -0.2) is 17.4 Å². The Hall–Kier alpha value is -1.64. The third kappa shape index (κ3) is 2.40. The van der Waals surface area contributed by atoms with Crippen LogP contribution in [-0.2, 0) is 0 Å². The molecule has 0 fully saturated rings. The van der Waals surface area contributed by atoms with Crippen LogP contribution < -0.4 is 5.32 Å². The van der Waals surface area contributed by atoms with Gasteiger partial charge in [-0.1, -0.05) is 18.7 Å². The lowest BCUT2D eigenvalue weighted by atomic mass is 10.2. The molecular formula is C10H12N2O. The lowest BCUT2D eigenvalue weighted by Gasteiger charge is -2.00. The molecule has 0 spiro atoms. The maximum atomic E-state index is 11.2. The zero-order valence-corrected chi connectivity index (χ0v) is 7.58. The van der Waals surface area contributed by atoms with E-state index in [1.165, 1.54) is 0 Å². The molecule has 0 saturated heterocycles. The molecule has 0 aliphatic carbocycles. The Bertz CT molecular complexity index is 303. The molecule has 1 amide bonds. The lowest BCUT2D eigenvalue weighted by molar-refractivity contribution is 0.0951. The molecule has 0 bridgehead atoms. The molecule has 0 atom stereocenters. The van der Waals surface area contributed by atoms with Crippen LogP contribution in [0.25, 0.3) is 6.08 Å². The minimum atomic E-state index is -0.141. The number of hydrogen-bond donors (Lipinski definition) is 1. The molecule has 0 aliphatic heterocycles. The Balaban J connectivity index is 2.79. The van der Waals surface area contributed by atoms with Gasteiger partial charge in [0.25, 0.3) is 5.91 Å². The number of amides is 1. The van der Waals surface area contributed by atoms with E-state index in [0.717, 1.165) is 5.56 Å². The normalized spacial score (nSPS) is 9.31. The van der Waals surface area contributed by atoms with Gasteiger partial charge in [0, 0.05) is 12.7 Å². The highest BCUT2D eigenvalue weighted by molar-refractivity contribution is 5.92. The zero-order chi connectivity index (χ0) is 9.68. The van der Waals surface area contributed by atoms with Gasteiger partial charge in [-0.05, 0) is 18.6 Å². The fourth-order valence-electron chi connectivity index (χ4n) is 0.911. The number of pyridine rings is 1. The van der Waals surface area contributed by atoms with Gasteiger partial charge in [-0.2, -0.15) is 0 Å². The minimum absolute atomic E-state index is 0.141. The summed E-state index contributed by atoms with van der Waals surface area (Å²) in [6.45, 7) is 6.09. The Morgan fingerprint density at radius 2 is 2.46 bits per heavy atom. The van der Waals surface area contributed by atoms with Gasteiger partial charge in [0.1, 0.15) is 5.69 Å². The first-order valence-electron chi connectivity index (χ1n) is 4.14. The first kappa shape index (κ1) is 9.45. The largest absolute Gasteiger partial charge is 0.351 e. The zero-order valence-electron chi connectivity index (χ0n) is 7.58. The summed E-state index contributed by atoms with van der Waals surface area (Å²) in [5, 5.41) is 2.67. The Kier molecular flexibility index (Phi) is 3.20. The van der Waals surface area contributed by atoms with Crippen LogP contribution in [0.1, 0.15) is 23.0 Å². The monoisotopic (exact) mass is 176 g/mol. The highest BCUT2D eigenvalue weighted by Crippen LogP contribution is 2.00. The lowest BCUT2D eigenvalue weighted by Crippen LogP contribution is -2.23. The van der Waals surface area contributed by atoms with Gasteiger partial charge in [-0.25, -0.2) is 0 Å².